The Bertz CT molecular complexity index is 603. The van der Waals surface area contributed by atoms with Crippen LogP contribution in [0.3, 0.4) is 0 Å². The molecule has 22 heavy (non-hydrogen) atoms. The molecule has 1 aliphatic rings. The molecule has 0 radical (unpaired) electrons. The highest BCUT2D eigenvalue weighted by Crippen LogP contribution is 2.31. The van der Waals surface area contributed by atoms with Crippen LogP contribution >= 0.6 is 11.6 Å². The zero-order chi connectivity index (χ0) is 15.5. The lowest BCUT2D eigenvalue weighted by molar-refractivity contribution is 0.0561. The van der Waals surface area contributed by atoms with Gasteiger partial charge in [0.25, 0.3) is 0 Å². The Morgan fingerprint density at radius 1 is 1.32 bits per heavy atom. The molecule has 1 N–H and O–H groups in total. The van der Waals surface area contributed by atoms with E-state index in [9.17, 15) is 5.11 Å². The van der Waals surface area contributed by atoms with E-state index in [1.54, 1.807) is 0 Å². The summed E-state index contributed by atoms with van der Waals surface area (Å²) in [4.78, 5) is 2.36. The highest BCUT2D eigenvalue weighted by Gasteiger charge is 2.26. The molecule has 1 unspecified atom stereocenters. The number of benzene rings is 1. The number of halogens is 1. The first-order valence-electron chi connectivity index (χ1n) is 7.70. The van der Waals surface area contributed by atoms with Gasteiger partial charge in [0.1, 0.15) is 5.76 Å². The Kier molecular flexibility index (Phi) is 4.81. The Labute approximate surface area is 135 Å². The summed E-state index contributed by atoms with van der Waals surface area (Å²) in [6.45, 7) is 4.68. The molecule has 0 aliphatic carbocycles. The van der Waals surface area contributed by atoms with Crippen LogP contribution in [0.5, 0.6) is 0 Å². The van der Waals surface area contributed by atoms with Crippen LogP contribution < -0.4 is 0 Å². The van der Waals surface area contributed by atoms with Gasteiger partial charge in [-0.05, 0) is 56.5 Å². The predicted octanol–water partition coefficient (Wildman–Crippen LogP) is 3.58. The third-order valence-corrected chi connectivity index (χ3v) is 4.60. The second-order valence-electron chi connectivity index (χ2n) is 6.04. The van der Waals surface area contributed by atoms with Crippen LogP contribution in [-0.4, -0.2) is 28.3 Å². The zero-order valence-corrected chi connectivity index (χ0v) is 13.5. The molecule has 2 aromatic rings. The Hall–Kier alpha value is -1.36. The number of aliphatic hydroxyl groups excluding tert-OH is 1. The van der Waals surface area contributed by atoms with Crippen molar-refractivity contribution in [3.8, 4) is 0 Å². The maximum absolute atomic E-state index is 10.5. The van der Waals surface area contributed by atoms with Crippen molar-refractivity contribution in [3.05, 3.63) is 52.4 Å². The normalized spacial score (nSPS) is 18.5. The molecule has 118 valence electrons. The molecule has 0 bridgehead atoms. The zero-order valence-electron chi connectivity index (χ0n) is 12.7. The highest BCUT2D eigenvalue weighted by atomic mass is 35.5. The van der Waals surface area contributed by atoms with Crippen molar-refractivity contribution in [2.45, 2.75) is 32.4 Å². The summed E-state index contributed by atoms with van der Waals surface area (Å²) < 4.78 is 5.11. The van der Waals surface area contributed by atoms with Crippen molar-refractivity contribution >= 4 is 11.6 Å². The number of hydrogen-bond acceptors (Lipinski definition) is 4. The molecule has 0 saturated carbocycles. The smallest absolute Gasteiger partial charge is 0.133 e. The minimum Gasteiger partial charge on any atom is -0.388 e. The lowest BCUT2D eigenvalue weighted by atomic mass is 9.87. The van der Waals surface area contributed by atoms with Crippen molar-refractivity contribution in [2.24, 2.45) is 5.92 Å². The Morgan fingerprint density at radius 3 is 2.59 bits per heavy atom. The summed E-state index contributed by atoms with van der Waals surface area (Å²) >= 11 is 5.90. The second kappa shape index (κ2) is 6.82. The quantitative estimate of drug-likeness (QED) is 0.935. The minimum atomic E-state index is -0.409. The molecule has 5 heteroatoms. The maximum Gasteiger partial charge on any atom is 0.133 e. The summed E-state index contributed by atoms with van der Waals surface area (Å²) in [6.07, 6.45) is 1.56. The van der Waals surface area contributed by atoms with Crippen LogP contribution in [-0.2, 0) is 6.54 Å². The van der Waals surface area contributed by atoms with Gasteiger partial charge in [-0.15, -0.1) is 0 Å². The van der Waals surface area contributed by atoms with Gasteiger partial charge >= 0.3 is 0 Å². The van der Waals surface area contributed by atoms with Crippen LogP contribution in [0.2, 0.25) is 5.02 Å². The highest BCUT2D eigenvalue weighted by molar-refractivity contribution is 6.30. The first-order chi connectivity index (χ1) is 10.6. The number of aryl methyl sites for hydroxylation is 1. The van der Waals surface area contributed by atoms with Crippen LogP contribution in [0.1, 0.15) is 36.0 Å². The van der Waals surface area contributed by atoms with Crippen molar-refractivity contribution in [1.29, 1.82) is 0 Å². The number of piperidine rings is 1. The summed E-state index contributed by atoms with van der Waals surface area (Å²) in [5.74, 6) is 1.15. The lowest BCUT2D eigenvalue weighted by Gasteiger charge is -2.33. The van der Waals surface area contributed by atoms with Gasteiger partial charge in [-0.2, -0.15) is 0 Å². The fraction of sp³-hybridized carbons (Fsp3) is 0.471. The van der Waals surface area contributed by atoms with Gasteiger partial charge in [0, 0.05) is 17.6 Å². The summed E-state index contributed by atoms with van der Waals surface area (Å²) in [5, 5.41) is 15.3. The number of nitrogens with zero attached hydrogens (tertiary/aromatic N) is 2. The van der Waals surface area contributed by atoms with E-state index in [0.717, 1.165) is 49.5 Å². The largest absolute Gasteiger partial charge is 0.388 e. The SMILES string of the molecule is Cc1cc(CN2CCC(C(O)c3ccc(Cl)cc3)CC2)no1. The number of aliphatic hydroxyl groups is 1. The van der Waals surface area contributed by atoms with Crippen LogP contribution in [0.4, 0.5) is 0 Å². The molecule has 1 atom stereocenters. The molecule has 1 fully saturated rings. The molecule has 1 saturated heterocycles. The average Bonchev–Trinajstić information content (AvgIpc) is 2.93. The van der Waals surface area contributed by atoms with E-state index in [2.05, 4.69) is 10.1 Å². The van der Waals surface area contributed by atoms with Gasteiger partial charge in [0.2, 0.25) is 0 Å². The van der Waals surface area contributed by atoms with Gasteiger partial charge in [0.05, 0.1) is 11.8 Å². The van der Waals surface area contributed by atoms with Crippen molar-refractivity contribution in [2.75, 3.05) is 13.1 Å². The first kappa shape index (κ1) is 15.5. The lowest BCUT2D eigenvalue weighted by Crippen LogP contribution is -2.35. The number of aromatic nitrogens is 1. The molecule has 2 heterocycles. The maximum atomic E-state index is 10.5. The van der Waals surface area contributed by atoms with Gasteiger partial charge in [-0.25, -0.2) is 0 Å². The van der Waals surface area contributed by atoms with E-state index < -0.39 is 6.10 Å². The van der Waals surface area contributed by atoms with Crippen molar-refractivity contribution in [1.82, 2.24) is 10.1 Å². The summed E-state index contributed by atoms with van der Waals surface area (Å²) in [6, 6.07) is 9.48. The van der Waals surface area contributed by atoms with E-state index in [0.29, 0.717) is 10.9 Å². The molecule has 1 aliphatic heterocycles. The van der Waals surface area contributed by atoms with Crippen molar-refractivity contribution < 1.29 is 9.63 Å². The monoisotopic (exact) mass is 320 g/mol. The van der Waals surface area contributed by atoms with Crippen LogP contribution in [0.25, 0.3) is 0 Å². The minimum absolute atomic E-state index is 0.302. The summed E-state index contributed by atoms with van der Waals surface area (Å²) in [7, 11) is 0. The van der Waals surface area contributed by atoms with Crippen LogP contribution in [0, 0.1) is 12.8 Å². The molecule has 4 nitrogen and oxygen atoms in total. The molecule has 1 aromatic heterocycles. The topological polar surface area (TPSA) is 49.5 Å². The van der Waals surface area contributed by atoms with E-state index in [1.165, 1.54) is 0 Å². The fourth-order valence-electron chi connectivity index (χ4n) is 3.08. The van der Waals surface area contributed by atoms with Crippen molar-refractivity contribution in [3.63, 3.8) is 0 Å². The third-order valence-electron chi connectivity index (χ3n) is 4.35. The van der Waals surface area contributed by atoms with Gasteiger partial charge in [-0.1, -0.05) is 28.9 Å². The molecule has 0 spiro atoms. The Balaban J connectivity index is 1.53. The summed E-state index contributed by atoms with van der Waals surface area (Å²) in [5.41, 5.74) is 1.93. The van der Waals surface area contributed by atoms with Gasteiger partial charge < -0.3 is 9.63 Å². The first-order valence-corrected chi connectivity index (χ1v) is 8.07. The molecule has 3 rings (SSSR count). The third kappa shape index (κ3) is 3.69. The van der Waals surface area contributed by atoms with E-state index >= 15 is 0 Å². The molecular weight excluding hydrogens is 300 g/mol. The van der Waals surface area contributed by atoms with Crippen LogP contribution in [0.15, 0.2) is 34.9 Å². The molecule has 1 aromatic carbocycles. The van der Waals surface area contributed by atoms with E-state index in [-0.39, 0.29) is 0 Å². The number of hydrogen-bond donors (Lipinski definition) is 1. The number of likely N-dealkylation sites (tertiary alicyclic amines) is 1. The average molecular weight is 321 g/mol. The molecule has 0 amide bonds. The van der Waals surface area contributed by atoms with E-state index in [4.69, 9.17) is 16.1 Å². The van der Waals surface area contributed by atoms with E-state index in [1.807, 2.05) is 37.3 Å². The Morgan fingerprint density at radius 2 is 2.00 bits per heavy atom. The standard InChI is InChI=1S/C17H21ClN2O2/c1-12-10-16(19-22-12)11-20-8-6-14(7-9-20)17(21)13-2-4-15(18)5-3-13/h2-5,10,14,17,21H,6-9,11H2,1H3. The predicted molar refractivity (Wildman–Crippen MR) is 85.7 cm³/mol. The molecular formula is C17H21ClN2O2. The second-order valence-corrected chi connectivity index (χ2v) is 6.48. The fourth-order valence-corrected chi connectivity index (χ4v) is 3.21. The van der Waals surface area contributed by atoms with Gasteiger partial charge in [-0.3, -0.25) is 4.90 Å². The number of rotatable bonds is 4. The van der Waals surface area contributed by atoms with Gasteiger partial charge in [0.15, 0.2) is 0 Å².